The fourth-order valence-electron chi connectivity index (χ4n) is 2.09. The minimum atomic E-state index is -1.62. The average Bonchev–Trinajstić information content (AvgIpc) is 2.32. The molecule has 0 radical (unpaired) electrons. The topological polar surface area (TPSA) is 43.7 Å². The fraction of sp³-hybridized carbons (Fsp3) is 0.538. The zero-order chi connectivity index (χ0) is 13.5. The molecule has 1 aromatic rings. The molecule has 18 heavy (non-hydrogen) atoms. The summed E-state index contributed by atoms with van der Waals surface area (Å²) in [6.45, 7) is 6.73. The normalized spacial score (nSPS) is 11.0. The predicted octanol–water partition coefficient (Wildman–Crippen LogP) is 1.13. The van der Waals surface area contributed by atoms with Crippen LogP contribution in [0, 0.1) is 5.82 Å². The van der Waals surface area contributed by atoms with E-state index in [0.717, 1.165) is 31.5 Å². The molecule has 0 bridgehead atoms. The van der Waals surface area contributed by atoms with Crippen LogP contribution in [0.3, 0.4) is 0 Å². The maximum absolute atomic E-state index is 13.1. The molecule has 0 aliphatic heterocycles. The second kappa shape index (κ2) is 7.51. The van der Waals surface area contributed by atoms with E-state index in [0.29, 0.717) is 6.54 Å². The first-order valence-corrected chi connectivity index (χ1v) is 6.45. The lowest BCUT2D eigenvalue weighted by molar-refractivity contribution is 0.266. The molecule has 0 atom stereocenters. The van der Waals surface area contributed by atoms with Crippen LogP contribution in [0.5, 0.6) is 0 Å². The Morgan fingerprint density at radius 1 is 1.17 bits per heavy atom. The Balaban J connectivity index is 2.87. The number of halogens is 1. The smallest absolute Gasteiger partial charge is 0.423 e. The molecule has 0 saturated carbocycles. The van der Waals surface area contributed by atoms with Gasteiger partial charge in [-0.3, -0.25) is 4.90 Å². The zero-order valence-electron chi connectivity index (χ0n) is 11.1. The van der Waals surface area contributed by atoms with Gasteiger partial charge in [-0.15, -0.1) is 0 Å². The van der Waals surface area contributed by atoms with Crippen LogP contribution in [0.1, 0.15) is 32.3 Å². The van der Waals surface area contributed by atoms with E-state index in [1.807, 2.05) is 0 Å². The van der Waals surface area contributed by atoms with Gasteiger partial charge in [0, 0.05) is 6.54 Å². The largest absolute Gasteiger partial charge is 0.488 e. The van der Waals surface area contributed by atoms with Gasteiger partial charge < -0.3 is 10.0 Å². The SMILES string of the molecule is CCCN(CCC)Cc1ccc(F)cc1B(O)O. The van der Waals surface area contributed by atoms with E-state index in [-0.39, 0.29) is 5.46 Å². The maximum Gasteiger partial charge on any atom is 0.488 e. The third-order valence-electron chi connectivity index (χ3n) is 2.86. The van der Waals surface area contributed by atoms with Gasteiger partial charge >= 0.3 is 7.12 Å². The number of hydrogen-bond donors (Lipinski definition) is 2. The Kier molecular flexibility index (Phi) is 6.32. The third kappa shape index (κ3) is 4.40. The Morgan fingerprint density at radius 3 is 2.28 bits per heavy atom. The van der Waals surface area contributed by atoms with Crippen molar-refractivity contribution in [3.63, 3.8) is 0 Å². The highest BCUT2D eigenvalue weighted by molar-refractivity contribution is 6.59. The van der Waals surface area contributed by atoms with Crippen LogP contribution >= 0.6 is 0 Å². The molecule has 0 fully saturated rings. The molecule has 3 nitrogen and oxygen atoms in total. The average molecular weight is 253 g/mol. The minimum Gasteiger partial charge on any atom is -0.423 e. The molecule has 0 heterocycles. The summed E-state index contributed by atoms with van der Waals surface area (Å²) in [5.41, 5.74) is 1.03. The van der Waals surface area contributed by atoms with E-state index in [2.05, 4.69) is 18.7 Å². The number of hydrogen-bond acceptors (Lipinski definition) is 3. The van der Waals surface area contributed by atoms with Gasteiger partial charge in [-0.1, -0.05) is 19.9 Å². The van der Waals surface area contributed by atoms with Crippen LogP contribution in [-0.2, 0) is 6.54 Å². The van der Waals surface area contributed by atoms with Gasteiger partial charge in [0.2, 0.25) is 0 Å². The summed E-state index contributed by atoms with van der Waals surface area (Å²) in [5, 5.41) is 18.5. The number of nitrogens with zero attached hydrogens (tertiary/aromatic N) is 1. The minimum absolute atomic E-state index is 0.257. The molecule has 0 spiro atoms. The van der Waals surface area contributed by atoms with Gasteiger partial charge in [-0.05, 0) is 49.1 Å². The van der Waals surface area contributed by atoms with Crippen LogP contribution in [0.15, 0.2) is 18.2 Å². The highest BCUT2D eigenvalue weighted by atomic mass is 19.1. The molecule has 0 unspecified atom stereocenters. The monoisotopic (exact) mass is 253 g/mol. The first-order chi connectivity index (χ1) is 8.58. The zero-order valence-corrected chi connectivity index (χ0v) is 11.1. The van der Waals surface area contributed by atoms with Gasteiger partial charge in [0.05, 0.1) is 0 Å². The number of benzene rings is 1. The van der Waals surface area contributed by atoms with Crippen molar-refractivity contribution < 1.29 is 14.4 Å². The van der Waals surface area contributed by atoms with Gasteiger partial charge in [0.25, 0.3) is 0 Å². The molecule has 5 heteroatoms. The van der Waals surface area contributed by atoms with Crippen molar-refractivity contribution in [1.82, 2.24) is 4.90 Å². The van der Waals surface area contributed by atoms with E-state index < -0.39 is 12.9 Å². The van der Waals surface area contributed by atoms with E-state index in [9.17, 15) is 14.4 Å². The second-order valence-corrected chi connectivity index (χ2v) is 4.49. The molecule has 2 N–H and O–H groups in total. The second-order valence-electron chi connectivity index (χ2n) is 4.49. The van der Waals surface area contributed by atoms with Crippen molar-refractivity contribution in [3.8, 4) is 0 Å². The van der Waals surface area contributed by atoms with Gasteiger partial charge in [-0.2, -0.15) is 0 Å². The molecule has 0 aliphatic rings. The first kappa shape index (κ1) is 15.2. The van der Waals surface area contributed by atoms with E-state index in [1.165, 1.54) is 12.1 Å². The van der Waals surface area contributed by atoms with Crippen molar-refractivity contribution in [2.45, 2.75) is 33.2 Å². The maximum atomic E-state index is 13.1. The Bertz CT molecular complexity index is 368. The molecule has 1 aromatic carbocycles. The van der Waals surface area contributed by atoms with Crippen LogP contribution in [0.2, 0.25) is 0 Å². The third-order valence-corrected chi connectivity index (χ3v) is 2.86. The highest BCUT2D eigenvalue weighted by Gasteiger charge is 2.18. The van der Waals surface area contributed by atoms with E-state index in [1.54, 1.807) is 6.07 Å². The molecule has 1 rings (SSSR count). The van der Waals surface area contributed by atoms with Crippen LogP contribution in [0.4, 0.5) is 4.39 Å². The predicted molar refractivity (Wildman–Crippen MR) is 72.1 cm³/mol. The van der Waals surface area contributed by atoms with Gasteiger partial charge in [-0.25, -0.2) is 4.39 Å². The Morgan fingerprint density at radius 2 is 1.78 bits per heavy atom. The quantitative estimate of drug-likeness (QED) is 0.716. The van der Waals surface area contributed by atoms with Gasteiger partial charge in [0.1, 0.15) is 5.82 Å². The highest BCUT2D eigenvalue weighted by Crippen LogP contribution is 2.07. The number of rotatable bonds is 7. The summed E-state index contributed by atoms with van der Waals surface area (Å²) >= 11 is 0. The van der Waals surface area contributed by atoms with Gasteiger partial charge in [0.15, 0.2) is 0 Å². The summed E-state index contributed by atoms with van der Waals surface area (Å²) in [4.78, 5) is 2.24. The summed E-state index contributed by atoms with van der Waals surface area (Å²) in [6.07, 6.45) is 2.08. The standard InChI is InChI=1S/C13H21BFNO2/c1-3-7-16(8-4-2)10-11-5-6-12(15)9-13(11)14(17)18/h5-6,9,17-18H,3-4,7-8,10H2,1-2H3. The van der Waals surface area contributed by atoms with Crippen molar-refractivity contribution in [1.29, 1.82) is 0 Å². The lowest BCUT2D eigenvalue weighted by atomic mass is 9.77. The van der Waals surface area contributed by atoms with Crippen LogP contribution in [-0.4, -0.2) is 35.2 Å². The summed E-state index contributed by atoms with van der Waals surface area (Å²) in [6, 6.07) is 4.18. The molecular weight excluding hydrogens is 232 g/mol. The molecule has 0 aliphatic carbocycles. The summed E-state index contributed by atoms with van der Waals surface area (Å²) in [7, 11) is -1.62. The molecule has 0 amide bonds. The summed E-state index contributed by atoms with van der Waals surface area (Å²) in [5.74, 6) is -0.445. The van der Waals surface area contributed by atoms with Crippen molar-refractivity contribution in [2.24, 2.45) is 0 Å². The molecule has 100 valence electrons. The summed E-state index contributed by atoms with van der Waals surface area (Å²) < 4.78 is 13.1. The van der Waals surface area contributed by atoms with Crippen molar-refractivity contribution in [2.75, 3.05) is 13.1 Å². The lowest BCUT2D eigenvalue weighted by Gasteiger charge is -2.22. The van der Waals surface area contributed by atoms with E-state index >= 15 is 0 Å². The van der Waals surface area contributed by atoms with Crippen molar-refractivity contribution >= 4 is 12.6 Å². The first-order valence-electron chi connectivity index (χ1n) is 6.45. The Labute approximate surface area is 108 Å². The van der Waals surface area contributed by atoms with Crippen LogP contribution < -0.4 is 5.46 Å². The molecule has 0 aromatic heterocycles. The van der Waals surface area contributed by atoms with Crippen molar-refractivity contribution in [3.05, 3.63) is 29.6 Å². The Hall–Kier alpha value is -0.905. The molecular formula is C13H21BFNO2. The van der Waals surface area contributed by atoms with E-state index in [4.69, 9.17) is 0 Å². The lowest BCUT2D eigenvalue weighted by Crippen LogP contribution is -2.36. The van der Waals surface area contributed by atoms with Crippen LogP contribution in [0.25, 0.3) is 0 Å². The fourth-order valence-corrected chi connectivity index (χ4v) is 2.09. The molecule has 0 saturated heterocycles.